The molecular weight excluding hydrogens is 370 g/mol. The topological polar surface area (TPSA) is 84.9 Å². The van der Waals surface area contributed by atoms with Crippen molar-refractivity contribution < 1.29 is 24.2 Å². The molecule has 0 fully saturated rings. The molecule has 0 spiro atoms. The van der Waals surface area contributed by atoms with Crippen LogP contribution in [-0.2, 0) is 16.0 Å². The summed E-state index contributed by atoms with van der Waals surface area (Å²) in [7, 11) is 0. The fourth-order valence-electron chi connectivity index (χ4n) is 2.30. The molecule has 0 radical (unpaired) electrons. The van der Waals surface area contributed by atoms with E-state index >= 15 is 0 Å². The smallest absolute Gasteiger partial charge is 0.303 e. The van der Waals surface area contributed by atoms with Crippen LogP contribution in [0.2, 0.25) is 5.02 Å². The van der Waals surface area contributed by atoms with E-state index in [4.69, 9.17) is 26.2 Å². The zero-order chi connectivity index (χ0) is 19.5. The number of carboxylic acids is 1. The van der Waals surface area contributed by atoms with Crippen LogP contribution in [0.3, 0.4) is 0 Å². The summed E-state index contributed by atoms with van der Waals surface area (Å²) in [4.78, 5) is 21.9. The van der Waals surface area contributed by atoms with Crippen LogP contribution in [0.5, 0.6) is 11.5 Å². The first-order valence-electron chi connectivity index (χ1n) is 8.61. The third kappa shape index (κ3) is 8.46. The summed E-state index contributed by atoms with van der Waals surface area (Å²) in [6.07, 6.45) is 0.469. The van der Waals surface area contributed by atoms with Gasteiger partial charge in [0, 0.05) is 18.0 Å². The van der Waals surface area contributed by atoms with Crippen LogP contribution >= 0.6 is 11.6 Å². The van der Waals surface area contributed by atoms with Crippen molar-refractivity contribution in [3.8, 4) is 11.5 Å². The first-order chi connectivity index (χ1) is 13.0. The maximum atomic E-state index is 11.5. The molecule has 0 aliphatic rings. The summed E-state index contributed by atoms with van der Waals surface area (Å²) >= 11 is 5.82. The highest BCUT2D eigenvalue weighted by Gasteiger charge is 2.05. The number of amides is 1. The first kappa shape index (κ1) is 20.6. The fourth-order valence-corrected chi connectivity index (χ4v) is 2.42. The number of hydrogen-bond donors (Lipinski definition) is 2. The quantitative estimate of drug-likeness (QED) is 0.574. The van der Waals surface area contributed by atoms with E-state index in [1.54, 1.807) is 24.3 Å². The first-order valence-corrected chi connectivity index (χ1v) is 8.99. The maximum absolute atomic E-state index is 11.5. The number of carboxylic acid groups (broad SMARTS) is 1. The molecule has 2 N–H and O–H groups in total. The van der Waals surface area contributed by atoms with Crippen LogP contribution in [0.4, 0.5) is 0 Å². The number of nitrogens with one attached hydrogen (secondary N) is 1. The van der Waals surface area contributed by atoms with Crippen molar-refractivity contribution in [3.63, 3.8) is 0 Å². The van der Waals surface area contributed by atoms with Gasteiger partial charge in [-0.05, 0) is 48.4 Å². The minimum Gasteiger partial charge on any atom is -0.490 e. The summed E-state index contributed by atoms with van der Waals surface area (Å²) in [6.45, 7) is 1.26. The maximum Gasteiger partial charge on any atom is 0.303 e. The van der Waals surface area contributed by atoms with Crippen LogP contribution in [0.1, 0.15) is 18.4 Å². The summed E-state index contributed by atoms with van der Waals surface area (Å²) in [5.41, 5.74) is 1.02. The Morgan fingerprint density at radius 3 is 2.37 bits per heavy atom. The van der Waals surface area contributed by atoms with Gasteiger partial charge in [0.2, 0.25) is 5.91 Å². The molecule has 2 aromatic rings. The zero-order valence-corrected chi connectivity index (χ0v) is 15.6. The number of rotatable bonds is 11. The third-order valence-corrected chi connectivity index (χ3v) is 3.89. The highest BCUT2D eigenvalue weighted by molar-refractivity contribution is 6.30. The molecule has 2 aromatic carbocycles. The fraction of sp³-hybridized carbons (Fsp3) is 0.300. The van der Waals surface area contributed by atoms with Gasteiger partial charge >= 0.3 is 5.97 Å². The molecular formula is C20H22ClNO5. The SMILES string of the molecule is O=C(O)CCC(=O)NCCc1cccc(OCCOc2ccc(Cl)cc2)c1. The van der Waals surface area contributed by atoms with Gasteiger partial charge in [0.05, 0.1) is 6.42 Å². The Bertz CT molecular complexity index is 748. The lowest BCUT2D eigenvalue weighted by Crippen LogP contribution is -2.26. The largest absolute Gasteiger partial charge is 0.490 e. The number of benzene rings is 2. The van der Waals surface area contributed by atoms with Crippen molar-refractivity contribution in [2.45, 2.75) is 19.3 Å². The molecule has 0 atom stereocenters. The van der Waals surface area contributed by atoms with Gasteiger partial charge in [-0.2, -0.15) is 0 Å². The molecule has 144 valence electrons. The van der Waals surface area contributed by atoms with Gasteiger partial charge in [-0.1, -0.05) is 23.7 Å². The Balaban J connectivity index is 1.67. The Morgan fingerprint density at radius 2 is 1.67 bits per heavy atom. The van der Waals surface area contributed by atoms with Crippen LogP contribution in [0.15, 0.2) is 48.5 Å². The minimum absolute atomic E-state index is 0.00783. The predicted octanol–water partition coefficient (Wildman–Crippen LogP) is 3.32. The number of ether oxygens (including phenoxy) is 2. The van der Waals surface area contributed by atoms with E-state index in [-0.39, 0.29) is 18.7 Å². The van der Waals surface area contributed by atoms with Crippen molar-refractivity contribution in [1.82, 2.24) is 5.32 Å². The average molecular weight is 392 g/mol. The highest BCUT2D eigenvalue weighted by Crippen LogP contribution is 2.16. The van der Waals surface area contributed by atoms with Gasteiger partial charge in [0.15, 0.2) is 0 Å². The van der Waals surface area contributed by atoms with Crippen LogP contribution < -0.4 is 14.8 Å². The minimum atomic E-state index is -0.977. The number of carbonyl (C=O) groups is 2. The van der Waals surface area contributed by atoms with Crippen molar-refractivity contribution in [2.24, 2.45) is 0 Å². The summed E-state index contributed by atoms with van der Waals surface area (Å²) in [6, 6.07) is 14.7. The average Bonchev–Trinajstić information content (AvgIpc) is 2.65. The number of carbonyl (C=O) groups excluding carboxylic acids is 1. The van der Waals surface area contributed by atoms with E-state index in [0.717, 1.165) is 17.1 Å². The Labute approximate surface area is 163 Å². The second-order valence-corrected chi connectivity index (χ2v) is 6.23. The van der Waals surface area contributed by atoms with Crippen molar-refractivity contribution in [2.75, 3.05) is 19.8 Å². The van der Waals surface area contributed by atoms with Crippen LogP contribution in [0, 0.1) is 0 Å². The second kappa shape index (κ2) is 11.1. The zero-order valence-electron chi connectivity index (χ0n) is 14.8. The second-order valence-electron chi connectivity index (χ2n) is 5.79. The molecule has 0 bridgehead atoms. The molecule has 27 heavy (non-hydrogen) atoms. The Kier molecular flexibility index (Phi) is 8.45. The lowest BCUT2D eigenvalue weighted by atomic mass is 10.1. The monoisotopic (exact) mass is 391 g/mol. The molecule has 0 saturated heterocycles. The standard InChI is InChI=1S/C20H22ClNO5/c21-16-4-6-17(7-5-16)26-12-13-27-18-3-1-2-15(14-18)10-11-22-19(23)8-9-20(24)25/h1-7,14H,8-13H2,(H,22,23)(H,24,25). The molecule has 0 unspecified atom stereocenters. The van der Waals surface area contributed by atoms with Crippen molar-refractivity contribution in [3.05, 3.63) is 59.1 Å². The third-order valence-electron chi connectivity index (χ3n) is 3.63. The van der Waals surface area contributed by atoms with Gasteiger partial charge < -0.3 is 19.9 Å². The highest BCUT2D eigenvalue weighted by atomic mass is 35.5. The van der Waals surface area contributed by atoms with E-state index in [2.05, 4.69) is 5.32 Å². The van der Waals surface area contributed by atoms with E-state index in [1.165, 1.54) is 0 Å². The van der Waals surface area contributed by atoms with E-state index in [9.17, 15) is 9.59 Å². The molecule has 2 rings (SSSR count). The molecule has 0 aromatic heterocycles. The van der Waals surface area contributed by atoms with Crippen molar-refractivity contribution >= 4 is 23.5 Å². The molecule has 0 saturated carbocycles. The number of hydrogen-bond acceptors (Lipinski definition) is 4. The molecule has 0 heterocycles. The summed E-state index contributed by atoms with van der Waals surface area (Å²) in [5, 5.41) is 11.9. The summed E-state index contributed by atoms with van der Waals surface area (Å²) < 4.78 is 11.3. The lowest BCUT2D eigenvalue weighted by Gasteiger charge is -2.10. The van der Waals surface area contributed by atoms with Gasteiger partial charge in [0.1, 0.15) is 24.7 Å². The molecule has 6 nitrogen and oxygen atoms in total. The van der Waals surface area contributed by atoms with E-state index in [1.807, 2.05) is 24.3 Å². The van der Waals surface area contributed by atoms with Gasteiger partial charge in [-0.15, -0.1) is 0 Å². The van der Waals surface area contributed by atoms with Crippen LogP contribution in [-0.4, -0.2) is 36.7 Å². The van der Waals surface area contributed by atoms with Crippen molar-refractivity contribution in [1.29, 1.82) is 0 Å². The molecule has 0 aliphatic heterocycles. The Hall–Kier alpha value is -2.73. The number of halogens is 1. The van der Waals surface area contributed by atoms with Gasteiger partial charge in [-0.25, -0.2) is 0 Å². The van der Waals surface area contributed by atoms with E-state index < -0.39 is 5.97 Å². The molecule has 7 heteroatoms. The normalized spacial score (nSPS) is 10.3. The van der Waals surface area contributed by atoms with Gasteiger partial charge in [0.25, 0.3) is 0 Å². The summed E-state index contributed by atoms with van der Waals surface area (Å²) in [5.74, 6) is 0.221. The lowest BCUT2D eigenvalue weighted by molar-refractivity contribution is -0.138. The van der Waals surface area contributed by atoms with E-state index in [0.29, 0.717) is 31.2 Å². The predicted molar refractivity (Wildman–Crippen MR) is 102 cm³/mol. The van der Waals surface area contributed by atoms with Gasteiger partial charge in [-0.3, -0.25) is 9.59 Å². The Morgan fingerprint density at radius 1 is 0.963 bits per heavy atom. The number of aliphatic carboxylic acids is 1. The molecule has 0 aliphatic carbocycles. The molecule has 1 amide bonds. The van der Waals surface area contributed by atoms with Crippen LogP contribution in [0.25, 0.3) is 0 Å².